The standard InChI is InChI=1S/C4H8O4.Na.H/c1-4(6)8-7-3-2-5;;/h5H,2-3H2,1H3;;/q;+1;-1. The van der Waals surface area contributed by atoms with Crippen molar-refractivity contribution in [2.24, 2.45) is 0 Å². The van der Waals surface area contributed by atoms with Gasteiger partial charge in [0.05, 0.1) is 6.61 Å². The summed E-state index contributed by atoms with van der Waals surface area (Å²) < 4.78 is 0. The van der Waals surface area contributed by atoms with Crippen molar-refractivity contribution in [2.75, 3.05) is 13.2 Å². The topological polar surface area (TPSA) is 55.8 Å². The van der Waals surface area contributed by atoms with Gasteiger partial charge in [-0.3, -0.25) is 4.89 Å². The molecule has 0 saturated heterocycles. The summed E-state index contributed by atoms with van der Waals surface area (Å²) in [5, 5.41) is 8.06. The van der Waals surface area contributed by atoms with Crippen molar-refractivity contribution in [3.05, 3.63) is 0 Å². The van der Waals surface area contributed by atoms with Crippen molar-refractivity contribution in [1.82, 2.24) is 0 Å². The third-order valence-corrected chi connectivity index (χ3v) is 0.351. The minimum atomic E-state index is -0.515. The predicted molar refractivity (Wildman–Crippen MR) is 25.9 cm³/mol. The van der Waals surface area contributed by atoms with E-state index in [1.165, 1.54) is 6.92 Å². The van der Waals surface area contributed by atoms with Crippen LogP contribution in [0.25, 0.3) is 0 Å². The molecule has 0 radical (unpaired) electrons. The third-order valence-electron chi connectivity index (χ3n) is 0.351. The van der Waals surface area contributed by atoms with Gasteiger partial charge >= 0.3 is 35.5 Å². The van der Waals surface area contributed by atoms with Crippen molar-refractivity contribution < 1.29 is 50.7 Å². The van der Waals surface area contributed by atoms with Crippen LogP contribution in [0, 0.1) is 0 Å². The molecule has 0 aromatic heterocycles. The smallest absolute Gasteiger partial charge is 1.00 e. The molecule has 0 amide bonds. The molecule has 50 valence electrons. The summed E-state index contributed by atoms with van der Waals surface area (Å²) in [6.45, 7) is 1.10. The van der Waals surface area contributed by atoms with Crippen molar-refractivity contribution in [3.63, 3.8) is 0 Å². The Kier molecular flexibility index (Phi) is 11.3. The van der Waals surface area contributed by atoms with E-state index in [0.717, 1.165) is 0 Å². The number of rotatable bonds is 3. The SMILES string of the molecule is CC(=O)OOCCO.[H-].[Na+]. The van der Waals surface area contributed by atoms with Gasteiger partial charge in [-0.25, -0.2) is 4.79 Å². The second-order valence-corrected chi connectivity index (χ2v) is 1.12. The van der Waals surface area contributed by atoms with Crippen LogP contribution >= 0.6 is 0 Å². The zero-order chi connectivity index (χ0) is 6.41. The molecule has 0 aliphatic rings. The maximum absolute atomic E-state index is 9.89. The summed E-state index contributed by atoms with van der Waals surface area (Å²) in [4.78, 5) is 18.0. The maximum Gasteiger partial charge on any atom is 1.00 e. The van der Waals surface area contributed by atoms with Gasteiger partial charge in [-0.1, -0.05) is 0 Å². The van der Waals surface area contributed by atoms with Crippen molar-refractivity contribution >= 4 is 5.97 Å². The molecular formula is C4H9NaO4. The van der Waals surface area contributed by atoms with Crippen LogP contribution in [0.15, 0.2) is 0 Å². The zero-order valence-corrected chi connectivity index (χ0v) is 7.59. The van der Waals surface area contributed by atoms with Crippen LogP contribution in [-0.4, -0.2) is 24.3 Å². The fourth-order valence-electron chi connectivity index (χ4n) is 0.162. The van der Waals surface area contributed by atoms with Gasteiger partial charge in [0.1, 0.15) is 6.61 Å². The first kappa shape index (κ1) is 12.1. The largest absolute Gasteiger partial charge is 1.00 e. The molecule has 4 nitrogen and oxygen atoms in total. The van der Waals surface area contributed by atoms with E-state index in [-0.39, 0.29) is 44.2 Å². The molecule has 1 N–H and O–H groups in total. The fourth-order valence-corrected chi connectivity index (χ4v) is 0.162. The first-order valence-electron chi connectivity index (χ1n) is 2.18. The number of carbonyl (C=O) groups is 1. The molecule has 5 heteroatoms. The van der Waals surface area contributed by atoms with Crippen LogP contribution in [0.2, 0.25) is 0 Å². The monoisotopic (exact) mass is 144 g/mol. The predicted octanol–water partition coefficient (Wildman–Crippen LogP) is -3.41. The van der Waals surface area contributed by atoms with Crippen molar-refractivity contribution in [1.29, 1.82) is 0 Å². The second kappa shape index (κ2) is 8.39. The number of carbonyl (C=O) groups excluding carboxylic acids is 1. The molecule has 0 aliphatic heterocycles. The Balaban J connectivity index is -0.000000245. The first-order valence-corrected chi connectivity index (χ1v) is 2.18. The molecule has 0 saturated carbocycles. The Hall–Kier alpha value is 0.390. The first-order chi connectivity index (χ1) is 3.77. The average Bonchev–Trinajstić information content (AvgIpc) is 1.66. The normalized spacial score (nSPS) is 7.78. The Labute approximate surface area is 76.8 Å². The molecule has 0 heterocycles. The molecule has 0 spiro atoms. The summed E-state index contributed by atoms with van der Waals surface area (Å²) in [5.41, 5.74) is 0. The molecule has 0 unspecified atom stereocenters. The summed E-state index contributed by atoms with van der Waals surface area (Å²) in [6, 6.07) is 0. The Bertz CT molecular complexity index is 79.7. The molecule has 0 aromatic rings. The van der Waals surface area contributed by atoms with Gasteiger partial charge in [0.15, 0.2) is 0 Å². The number of aliphatic hydroxyl groups is 1. The molecular weight excluding hydrogens is 135 g/mol. The van der Waals surface area contributed by atoms with E-state index >= 15 is 0 Å². The van der Waals surface area contributed by atoms with Crippen molar-refractivity contribution in [2.45, 2.75) is 6.92 Å². The summed E-state index contributed by atoms with van der Waals surface area (Å²) in [7, 11) is 0. The van der Waals surface area contributed by atoms with Gasteiger partial charge in [0, 0.05) is 6.92 Å². The molecule has 0 aliphatic carbocycles. The molecule has 0 rings (SSSR count). The molecule has 9 heavy (non-hydrogen) atoms. The fraction of sp³-hybridized carbons (Fsp3) is 0.750. The van der Waals surface area contributed by atoms with E-state index in [4.69, 9.17) is 5.11 Å². The minimum Gasteiger partial charge on any atom is -1.00 e. The van der Waals surface area contributed by atoms with Gasteiger partial charge in [-0.05, 0) is 0 Å². The molecule has 0 aromatic carbocycles. The van der Waals surface area contributed by atoms with Crippen LogP contribution in [0.1, 0.15) is 8.35 Å². The minimum absolute atomic E-state index is 0. The van der Waals surface area contributed by atoms with Gasteiger partial charge in [-0.2, -0.15) is 4.89 Å². The van der Waals surface area contributed by atoms with Crippen LogP contribution < -0.4 is 29.6 Å². The van der Waals surface area contributed by atoms with Gasteiger partial charge < -0.3 is 6.53 Å². The quantitative estimate of drug-likeness (QED) is 0.194. The third kappa shape index (κ3) is 11.8. The average molecular weight is 144 g/mol. The maximum atomic E-state index is 9.89. The second-order valence-electron chi connectivity index (χ2n) is 1.12. The zero-order valence-electron chi connectivity index (χ0n) is 6.59. The molecule has 0 bridgehead atoms. The Morgan fingerprint density at radius 1 is 1.78 bits per heavy atom. The Morgan fingerprint density at radius 3 is 2.67 bits per heavy atom. The van der Waals surface area contributed by atoms with E-state index in [2.05, 4.69) is 9.78 Å². The van der Waals surface area contributed by atoms with E-state index < -0.39 is 5.97 Å². The summed E-state index contributed by atoms with van der Waals surface area (Å²) in [6.07, 6.45) is 0. The van der Waals surface area contributed by atoms with E-state index in [9.17, 15) is 4.79 Å². The summed E-state index contributed by atoms with van der Waals surface area (Å²) >= 11 is 0. The number of aliphatic hydroxyl groups excluding tert-OH is 1. The number of hydrogen-bond donors (Lipinski definition) is 1. The van der Waals surface area contributed by atoms with Gasteiger partial charge in [-0.15, -0.1) is 0 Å². The van der Waals surface area contributed by atoms with Crippen LogP contribution in [0.5, 0.6) is 0 Å². The van der Waals surface area contributed by atoms with Crippen LogP contribution in [0.3, 0.4) is 0 Å². The van der Waals surface area contributed by atoms with Crippen LogP contribution in [0.4, 0.5) is 0 Å². The number of hydrogen-bond acceptors (Lipinski definition) is 4. The molecule has 0 fully saturated rings. The summed E-state index contributed by atoms with van der Waals surface area (Å²) in [5.74, 6) is -0.515. The Morgan fingerprint density at radius 2 is 2.33 bits per heavy atom. The molecule has 0 atom stereocenters. The van der Waals surface area contributed by atoms with Crippen LogP contribution in [-0.2, 0) is 14.6 Å². The van der Waals surface area contributed by atoms with E-state index in [1.807, 2.05) is 0 Å². The van der Waals surface area contributed by atoms with Gasteiger partial charge in [0.2, 0.25) is 0 Å². The van der Waals surface area contributed by atoms with Crippen molar-refractivity contribution in [3.8, 4) is 0 Å². The van der Waals surface area contributed by atoms with E-state index in [1.54, 1.807) is 0 Å². The van der Waals surface area contributed by atoms with Gasteiger partial charge in [0.25, 0.3) is 0 Å². The van der Waals surface area contributed by atoms with E-state index in [0.29, 0.717) is 0 Å².